The minimum Gasteiger partial charge on any atom is -0.326 e. The van der Waals surface area contributed by atoms with Gasteiger partial charge in [0.05, 0.1) is 6.04 Å². The van der Waals surface area contributed by atoms with E-state index >= 15 is 0 Å². The van der Waals surface area contributed by atoms with Gasteiger partial charge < -0.3 is 5.73 Å². The molecule has 2 nitrogen and oxygen atoms in total. The molecular formula is C17H20N2. The average molecular weight is 252 g/mol. The van der Waals surface area contributed by atoms with Gasteiger partial charge in [-0.05, 0) is 23.1 Å². The van der Waals surface area contributed by atoms with Gasteiger partial charge in [-0.1, -0.05) is 54.6 Å². The predicted octanol–water partition coefficient (Wildman–Crippen LogP) is 2.94. The van der Waals surface area contributed by atoms with Crippen molar-refractivity contribution in [2.24, 2.45) is 5.73 Å². The number of rotatable bonds is 4. The predicted molar refractivity (Wildman–Crippen MR) is 78.8 cm³/mol. The summed E-state index contributed by atoms with van der Waals surface area (Å²) in [6.07, 6.45) is 1.31. The Labute approximate surface area is 114 Å². The second-order valence-corrected chi connectivity index (χ2v) is 5.15. The monoisotopic (exact) mass is 252 g/mol. The molecule has 1 heterocycles. The van der Waals surface area contributed by atoms with E-state index < -0.39 is 0 Å². The molecule has 1 saturated heterocycles. The van der Waals surface area contributed by atoms with E-state index in [4.69, 9.17) is 5.73 Å². The fourth-order valence-electron chi connectivity index (χ4n) is 2.74. The van der Waals surface area contributed by atoms with Crippen LogP contribution in [0.1, 0.15) is 29.2 Å². The molecule has 0 saturated carbocycles. The molecule has 2 N–H and O–H groups in total. The van der Waals surface area contributed by atoms with Crippen molar-refractivity contribution in [1.82, 2.24) is 4.90 Å². The number of nitrogens with two attached hydrogens (primary N) is 1. The molecule has 19 heavy (non-hydrogen) atoms. The Morgan fingerprint density at radius 2 is 1.68 bits per heavy atom. The van der Waals surface area contributed by atoms with Crippen LogP contribution in [0.25, 0.3) is 0 Å². The molecule has 98 valence electrons. The molecule has 1 aliphatic rings. The van der Waals surface area contributed by atoms with Crippen LogP contribution in [0.2, 0.25) is 0 Å². The maximum Gasteiger partial charge on any atom is 0.0601 e. The highest BCUT2D eigenvalue weighted by Gasteiger charge is 2.26. The first kappa shape index (κ1) is 12.4. The van der Waals surface area contributed by atoms with Crippen LogP contribution >= 0.6 is 0 Å². The van der Waals surface area contributed by atoms with E-state index in [2.05, 4.69) is 59.5 Å². The highest BCUT2D eigenvalue weighted by Crippen LogP contribution is 2.32. The van der Waals surface area contributed by atoms with E-state index in [1.807, 2.05) is 0 Å². The SMILES string of the molecule is NCc1cccc(C(c2ccccc2)N2CCC2)c1. The van der Waals surface area contributed by atoms with Gasteiger partial charge in [0.1, 0.15) is 0 Å². The summed E-state index contributed by atoms with van der Waals surface area (Å²) in [6, 6.07) is 19.8. The van der Waals surface area contributed by atoms with Crippen LogP contribution in [-0.2, 0) is 6.54 Å². The van der Waals surface area contributed by atoms with Crippen LogP contribution < -0.4 is 5.73 Å². The van der Waals surface area contributed by atoms with Gasteiger partial charge in [-0.2, -0.15) is 0 Å². The molecule has 2 heteroatoms. The van der Waals surface area contributed by atoms with Crippen molar-refractivity contribution in [3.63, 3.8) is 0 Å². The van der Waals surface area contributed by atoms with E-state index in [0.717, 1.165) is 0 Å². The van der Waals surface area contributed by atoms with E-state index in [1.54, 1.807) is 0 Å². The van der Waals surface area contributed by atoms with Crippen LogP contribution in [-0.4, -0.2) is 18.0 Å². The number of nitrogens with zero attached hydrogens (tertiary/aromatic N) is 1. The van der Waals surface area contributed by atoms with Gasteiger partial charge in [0, 0.05) is 19.6 Å². The third kappa shape index (κ3) is 2.55. The van der Waals surface area contributed by atoms with Crippen LogP contribution in [0.3, 0.4) is 0 Å². The van der Waals surface area contributed by atoms with Crippen LogP contribution in [0.15, 0.2) is 54.6 Å². The largest absolute Gasteiger partial charge is 0.326 e. The second kappa shape index (κ2) is 5.55. The molecule has 3 rings (SSSR count). The minimum atomic E-state index is 0.376. The van der Waals surface area contributed by atoms with Gasteiger partial charge in [-0.3, -0.25) is 4.90 Å². The Bertz CT molecular complexity index is 532. The Balaban J connectivity index is 1.99. The lowest BCUT2D eigenvalue weighted by atomic mass is 9.93. The lowest BCUT2D eigenvalue weighted by Crippen LogP contribution is -2.40. The van der Waals surface area contributed by atoms with Crippen LogP contribution in [0.4, 0.5) is 0 Å². The first-order valence-electron chi connectivity index (χ1n) is 6.96. The van der Waals surface area contributed by atoms with Crippen molar-refractivity contribution in [1.29, 1.82) is 0 Å². The van der Waals surface area contributed by atoms with Gasteiger partial charge in [0.2, 0.25) is 0 Å². The van der Waals surface area contributed by atoms with Gasteiger partial charge in [-0.15, -0.1) is 0 Å². The summed E-state index contributed by atoms with van der Waals surface area (Å²) in [6.45, 7) is 2.98. The Hall–Kier alpha value is -1.64. The molecule has 1 atom stereocenters. The van der Waals surface area contributed by atoms with Crippen molar-refractivity contribution in [3.05, 3.63) is 71.3 Å². The normalized spacial score (nSPS) is 16.9. The molecule has 0 spiro atoms. The lowest BCUT2D eigenvalue weighted by Gasteiger charge is -2.39. The average Bonchev–Trinajstić information content (AvgIpc) is 2.43. The van der Waals surface area contributed by atoms with E-state index in [0.29, 0.717) is 12.6 Å². The molecule has 1 aliphatic heterocycles. The zero-order valence-corrected chi connectivity index (χ0v) is 11.1. The molecule has 0 aromatic heterocycles. The minimum absolute atomic E-state index is 0.376. The third-order valence-corrected chi connectivity index (χ3v) is 3.87. The van der Waals surface area contributed by atoms with E-state index in [1.165, 1.54) is 36.2 Å². The summed E-state index contributed by atoms with van der Waals surface area (Å²) in [5.41, 5.74) is 9.70. The van der Waals surface area contributed by atoms with Crippen LogP contribution in [0.5, 0.6) is 0 Å². The van der Waals surface area contributed by atoms with Crippen molar-refractivity contribution >= 4 is 0 Å². The lowest BCUT2D eigenvalue weighted by molar-refractivity contribution is 0.140. The second-order valence-electron chi connectivity index (χ2n) is 5.15. The number of hydrogen-bond donors (Lipinski definition) is 1. The standard InChI is InChI=1S/C17H20N2/c18-13-14-6-4-9-16(12-14)17(19-10-5-11-19)15-7-2-1-3-8-15/h1-4,6-9,12,17H,5,10-11,13,18H2. The molecule has 0 radical (unpaired) electrons. The smallest absolute Gasteiger partial charge is 0.0601 e. The van der Waals surface area contributed by atoms with Gasteiger partial charge >= 0.3 is 0 Å². The molecule has 0 aliphatic carbocycles. The maximum atomic E-state index is 5.77. The Kier molecular flexibility index (Phi) is 3.62. The molecule has 2 aromatic carbocycles. The quantitative estimate of drug-likeness (QED) is 0.906. The van der Waals surface area contributed by atoms with E-state index in [-0.39, 0.29) is 0 Å². The number of likely N-dealkylation sites (tertiary alicyclic amines) is 1. The summed E-state index contributed by atoms with van der Waals surface area (Å²) in [4.78, 5) is 2.53. The Morgan fingerprint density at radius 1 is 0.947 bits per heavy atom. The number of benzene rings is 2. The van der Waals surface area contributed by atoms with Crippen molar-refractivity contribution < 1.29 is 0 Å². The first-order valence-corrected chi connectivity index (χ1v) is 6.96. The zero-order chi connectivity index (χ0) is 13.1. The van der Waals surface area contributed by atoms with Gasteiger partial charge in [-0.25, -0.2) is 0 Å². The topological polar surface area (TPSA) is 29.3 Å². The van der Waals surface area contributed by atoms with Gasteiger partial charge in [0.25, 0.3) is 0 Å². The first-order chi connectivity index (χ1) is 9.38. The van der Waals surface area contributed by atoms with Crippen LogP contribution in [0, 0.1) is 0 Å². The summed E-state index contributed by atoms with van der Waals surface area (Å²) in [5.74, 6) is 0. The fourth-order valence-corrected chi connectivity index (χ4v) is 2.74. The molecule has 0 amide bonds. The maximum absolute atomic E-state index is 5.77. The fraction of sp³-hybridized carbons (Fsp3) is 0.294. The van der Waals surface area contributed by atoms with Gasteiger partial charge in [0.15, 0.2) is 0 Å². The molecule has 1 unspecified atom stereocenters. The summed E-state index contributed by atoms with van der Waals surface area (Å²) < 4.78 is 0. The highest BCUT2D eigenvalue weighted by molar-refractivity contribution is 5.34. The number of hydrogen-bond acceptors (Lipinski definition) is 2. The molecule has 1 fully saturated rings. The van der Waals surface area contributed by atoms with Crippen molar-refractivity contribution in [2.75, 3.05) is 13.1 Å². The zero-order valence-electron chi connectivity index (χ0n) is 11.1. The molecular weight excluding hydrogens is 232 g/mol. The summed E-state index contributed by atoms with van der Waals surface area (Å²) >= 11 is 0. The highest BCUT2D eigenvalue weighted by atomic mass is 15.2. The van der Waals surface area contributed by atoms with E-state index in [9.17, 15) is 0 Å². The summed E-state index contributed by atoms with van der Waals surface area (Å²) in [7, 11) is 0. The van der Waals surface area contributed by atoms with Crippen molar-refractivity contribution in [2.45, 2.75) is 19.0 Å². The molecule has 0 bridgehead atoms. The summed E-state index contributed by atoms with van der Waals surface area (Å²) in [5, 5.41) is 0. The third-order valence-electron chi connectivity index (χ3n) is 3.87. The Morgan fingerprint density at radius 3 is 2.32 bits per heavy atom. The van der Waals surface area contributed by atoms with Crippen molar-refractivity contribution in [3.8, 4) is 0 Å². The molecule has 2 aromatic rings.